The maximum absolute atomic E-state index is 6.29. The van der Waals surface area contributed by atoms with Crippen molar-refractivity contribution in [1.29, 1.82) is 0 Å². The van der Waals surface area contributed by atoms with Gasteiger partial charge in [-0.1, -0.05) is 42.3 Å². The third-order valence-electron chi connectivity index (χ3n) is 3.14. The van der Waals surface area contributed by atoms with E-state index in [1.807, 2.05) is 48.5 Å². The topological polar surface area (TPSA) is 26.0 Å². The second kappa shape index (κ2) is 7.37. The second-order valence-corrected chi connectivity index (χ2v) is 6.70. The van der Waals surface area contributed by atoms with Crippen LogP contribution in [-0.4, -0.2) is 6.04 Å². The first-order valence-corrected chi connectivity index (χ1v) is 8.17. The highest BCUT2D eigenvalue weighted by atomic mass is 35.5. The first-order chi connectivity index (χ1) is 9.60. The SMILES string of the molecule is CCC(N)C(Sc1ccc(Cl)cc1)c1ccc(Cl)cc1. The lowest BCUT2D eigenvalue weighted by atomic mass is 10.0. The summed E-state index contributed by atoms with van der Waals surface area (Å²) in [6, 6.07) is 15.9. The molecule has 0 radical (unpaired) electrons. The molecule has 0 saturated heterocycles. The Labute approximate surface area is 134 Å². The van der Waals surface area contributed by atoms with Gasteiger partial charge >= 0.3 is 0 Å². The lowest BCUT2D eigenvalue weighted by Gasteiger charge is -2.23. The molecule has 2 atom stereocenters. The molecule has 0 saturated carbocycles. The molecule has 106 valence electrons. The van der Waals surface area contributed by atoms with Crippen molar-refractivity contribution >= 4 is 35.0 Å². The summed E-state index contributed by atoms with van der Waals surface area (Å²) in [6.07, 6.45) is 0.924. The van der Waals surface area contributed by atoms with Crippen LogP contribution in [0, 0.1) is 0 Å². The zero-order valence-electron chi connectivity index (χ0n) is 11.2. The molecule has 0 aromatic heterocycles. The normalized spacial score (nSPS) is 14.0. The molecule has 0 aliphatic heterocycles. The molecular weight excluding hydrogens is 309 g/mol. The highest BCUT2D eigenvalue weighted by Gasteiger charge is 2.19. The first-order valence-electron chi connectivity index (χ1n) is 6.53. The van der Waals surface area contributed by atoms with Crippen molar-refractivity contribution in [2.45, 2.75) is 29.5 Å². The first kappa shape index (κ1) is 15.7. The van der Waals surface area contributed by atoms with Crippen LogP contribution in [0.15, 0.2) is 53.4 Å². The number of halogens is 2. The predicted octanol–water partition coefficient (Wildman–Crippen LogP) is 5.56. The number of rotatable bonds is 5. The lowest BCUT2D eigenvalue weighted by Crippen LogP contribution is -2.25. The minimum Gasteiger partial charge on any atom is -0.326 e. The fraction of sp³-hybridized carbons (Fsp3) is 0.250. The van der Waals surface area contributed by atoms with E-state index in [2.05, 4.69) is 6.92 Å². The van der Waals surface area contributed by atoms with E-state index in [1.54, 1.807) is 11.8 Å². The van der Waals surface area contributed by atoms with Gasteiger partial charge in [-0.05, 0) is 48.4 Å². The van der Waals surface area contributed by atoms with E-state index in [-0.39, 0.29) is 11.3 Å². The minimum absolute atomic E-state index is 0.0943. The summed E-state index contributed by atoms with van der Waals surface area (Å²) < 4.78 is 0. The third-order valence-corrected chi connectivity index (χ3v) is 5.06. The van der Waals surface area contributed by atoms with E-state index in [1.165, 1.54) is 10.5 Å². The molecule has 0 spiro atoms. The maximum Gasteiger partial charge on any atom is 0.0495 e. The van der Waals surface area contributed by atoms with Crippen LogP contribution >= 0.6 is 35.0 Å². The summed E-state index contributed by atoms with van der Waals surface area (Å²) in [5.74, 6) is 0. The lowest BCUT2D eigenvalue weighted by molar-refractivity contribution is 0.634. The van der Waals surface area contributed by atoms with Crippen molar-refractivity contribution < 1.29 is 0 Å². The number of hydrogen-bond acceptors (Lipinski definition) is 2. The van der Waals surface area contributed by atoms with Crippen LogP contribution in [0.25, 0.3) is 0 Å². The fourth-order valence-corrected chi connectivity index (χ4v) is 3.43. The summed E-state index contributed by atoms with van der Waals surface area (Å²) in [4.78, 5) is 1.17. The summed E-state index contributed by atoms with van der Waals surface area (Å²) in [7, 11) is 0. The Bertz CT molecular complexity index is 539. The molecule has 0 heterocycles. The third kappa shape index (κ3) is 4.16. The van der Waals surface area contributed by atoms with Crippen LogP contribution in [0.3, 0.4) is 0 Å². The number of hydrogen-bond donors (Lipinski definition) is 1. The Balaban J connectivity index is 2.23. The highest BCUT2D eigenvalue weighted by molar-refractivity contribution is 7.99. The van der Waals surface area contributed by atoms with Gasteiger partial charge < -0.3 is 5.73 Å². The molecule has 0 aliphatic rings. The van der Waals surface area contributed by atoms with Gasteiger partial charge in [-0.2, -0.15) is 0 Å². The zero-order chi connectivity index (χ0) is 14.5. The molecule has 0 bridgehead atoms. The van der Waals surface area contributed by atoms with Crippen molar-refractivity contribution in [2.75, 3.05) is 0 Å². The van der Waals surface area contributed by atoms with Crippen LogP contribution in [0.1, 0.15) is 24.2 Å². The van der Waals surface area contributed by atoms with Crippen LogP contribution in [0.4, 0.5) is 0 Å². The summed E-state index contributed by atoms with van der Waals surface area (Å²) in [5.41, 5.74) is 7.48. The van der Waals surface area contributed by atoms with E-state index in [4.69, 9.17) is 28.9 Å². The summed E-state index contributed by atoms with van der Waals surface area (Å²) >= 11 is 13.6. The van der Waals surface area contributed by atoms with Crippen LogP contribution in [-0.2, 0) is 0 Å². The molecular formula is C16H17Cl2NS. The van der Waals surface area contributed by atoms with E-state index < -0.39 is 0 Å². The van der Waals surface area contributed by atoms with E-state index in [0.29, 0.717) is 0 Å². The quantitative estimate of drug-likeness (QED) is 0.728. The van der Waals surface area contributed by atoms with Gasteiger partial charge in [-0.15, -0.1) is 11.8 Å². The van der Waals surface area contributed by atoms with Crippen molar-refractivity contribution in [3.05, 3.63) is 64.1 Å². The van der Waals surface area contributed by atoms with Crippen molar-refractivity contribution in [2.24, 2.45) is 5.73 Å². The Hall–Kier alpha value is -0.670. The molecule has 0 aliphatic carbocycles. The minimum atomic E-state index is 0.0943. The summed E-state index contributed by atoms with van der Waals surface area (Å²) in [5, 5.41) is 1.70. The Morgan fingerprint density at radius 2 is 1.45 bits per heavy atom. The molecule has 0 fully saturated rings. The van der Waals surface area contributed by atoms with Crippen molar-refractivity contribution in [3.8, 4) is 0 Å². The largest absolute Gasteiger partial charge is 0.326 e. The zero-order valence-corrected chi connectivity index (χ0v) is 13.6. The number of thioether (sulfide) groups is 1. The van der Waals surface area contributed by atoms with E-state index in [0.717, 1.165) is 16.5 Å². The van der Waals surface area contributed by atoms with Gasteiger partial charge in [0.05, 0.1) is 0 Å². The van der Waals surface area contributed by atoms with Gasteiger partial charge in [0.1, 0.15) is 0 Å². The van der Waals surface area contributed by atoms with Gasteiger partial charge in [0.2, 0.25) is 0 Å². The Morgan fingerprint density at radius 3 is 1.95 bits per heavy atom. The number of nitrogens with two attached hydrogens (primary N) is 1. The summed E-state index contributed by atoms with van der Waals surface area (Å²) in [6.45, 7) is 2.11. The molecule has 2 aromatic carbocycles. The Kier molecular flexibility index (Phi) is 5.79. The molecule has 0 amide bonds. The van der Waals surface area contributed by atoms with E-state index in [9.17, 15) is 0 Å². The Morgan fingerprint density at radius 1 is 0.950 bits per heavy atom. The predicted molar refractivity (Wildman–Crippen MR) is 89.8 cm³/mol. The fourth-order valence-electron chi connectivity index (χ4n) is 1.93. The molecule has 4 heteroatoms. The molecule has 20 heavy (non-hydrogen) atoms. The standard InChI is InChI=1S/C16H17Cl2NS/c1-2-15(19)16(11-3-5-12(17)6-4-11)20-14-9-7-13(18)8-10-14/h3-10,15-16H,2,19H2,1H3. The van der Waals surface area contributed by atoms with Gasteiger partial charge in [-0.3, -0.25) is 0 Å². The highest BCUT2D eigenvalue weighted by Crippen LogP contribution is 2.38. The monoisotopic (exact) mass is 325 g/mol. The number of benzene rings is 2. The molecule has 2 rings (SSSR count). The molecule has 2 aromatic rings. The van der Waals surface area contributed by atoms with Gasteiger partial charge in [0, 0.05) is 26.2 Å². The van der Waals surface area contributed by atoms with Crippen LogP contribution < -0.4 is 5.73 Å². The van der Waals surface area contributed by atoms with Crippen molar-refractivity contribution in [1.82, 2.24) is 0 Å². The van der Waals surface area contributed by atoms with Crippen LogP contribution in [0.5, 0.6) is 0 Å². The maximum atomic E-state index is 6.29. The van der Waals surface area contributed by atoms with E-state index >= 15 is 0 Å². The van der Waals surface area contributed by atoms with Gasteiger partial charge in [-0.25, -0.2) is 0 Å². The average molecular weight is 326 g/mol. The van der Waals surface area contributed by atoms with Gasteiger partial charge in [0.15, 0.2) is 0 Å². The molecule has 2 unspecified atom stereocenters. The van der Waals surface area contributed by atoms with Crippen LogP contribution in [0.2, 0.25) is 10.0 Å². The molecule has 1 nitrogen and oxygen atoms in total. The average Bonchev–Trinajstić information content (AvgIpc) is 2.47. The second-order valence-electron chi connectivity index (χ2n) is 4.62. The van der Waals surface area contributed by atoms with Gasteiger partial charge in [0.25, 0.3) is 0 Å². The smallest absolute Gasteiger partial charge is 0.0495 e. The van der Waals surface area contributed by atoms with Crippen molar-refractivity contribution in [3.63, 3.8) is 0 Å². The molecule has 2 N–H and O–H groups in total.